The molecule has 0 saturated carbocycles. The minimum atomic E-state index is -0.993. The van der Waals surface area contributed by atoms with Gasteiger partial charge in [-0.25, -0.2) is 13.2 Å². The van der Waals surface area contributed by atoms with Crippen LogP contribution in [0.5, 0.6) is 0 Å². The summed E-state index contributed by atoms with van der Waals surface area (Å²) in [6.07, 6.45) is 2.16. The molecule has 1 aromatic heterocycles. The molecule has 4 heterocycles. The van der Waals surface area contributed by atoms with Crippen molar-refractivity contribution >= 4 is 5.91 Å². The van der Waals surface area contributed by atoms with Gasteiger partial charge in [-0.15, -0.1) is 0 Å². The maximum absolute atomic E-state index is 14.1. The molecule has 4 nitrogen and oxygen atoms in total. The van der Waals surface area contributed by atoms with E-state index in [0.717, 1.165) is 32.5 Å². The molecule has 2 aromatic rings. The van der Waals surface area contributed by atoms with E-state index in [1.54, 1.807) is 7.05 Å². The molecule has 138 valence electrons. The van der Waals surface area contributed by atoms with Crippen molar-refractivity contribution in [3.8, 4) is 11.3 Å². The van der Waals surface area contributed by atoms with Gasteiger partial charge in [-0.1, -0.05) is 0 Å². The van der Waals surface area contributed by atoms with Gasteiger partial charge in [-0.2, -0.15) is 0 Å². The SMILES string of the molecule is Cn1c(C(=O)N[C@H]2CN3CCC2CC3)ccc1-c1c(F)cc(F)cc1F. The van der Waals surface area contributed by atoms with Crippen LogP contribution < -0.4 is 5.32 Å². The second kappa shape index (κ2) is 6.46. The van der Waals surface area contributed by atoms with Crippen LogP contribution in [0.15, 0.2) is 24.3 Å². The maximum Gasteiger partial charge on any atom is 0.268 e. The quantitative estimate of drug-likeness (QED) is 0.911. The van der Waals surface area contributed by atoms with E-state index in [-0.39, 0.29) is 23.2 Å². The summed E-state index contributed by atoms with van der Waals surface area (Å²) in [4.78, 5) is 15.0. The third-order valence-electron chi connectivity index (χ3n) is 5.59. The van der Waals surface area contributed by atoms with Gasteiger partial charge in [-0.3, -0.25) is 4.79 Å². The Balaban J connectivity index is 1.59. The van der Waals surface area contributed by atoms with Crippen molar-refractivity contribution in [2.45, 2.75) is 18.9 Å². The molecule has 3 fully saturated rings. The molecule has 1 atom stereocenters. The molecule has 26 heavy (non-hydrogen) atoms. The zero-order valence-corrected chi connectivity index (χ0v) is 14.4. The van der Waals surface area contributed by atoms with Gasteiger partial charge in [-0.05, 0) is 44.0 Å². The van der Waals surface area contributed by atoms with Crippen LogP contribution in [0.1, 0.15) is 23.3 Å². The summed E-state index contributed by atoms with van der Waals surface area (Å²) in [5.74, 6) is -2.74. The number of rotatable bonds is 3. The highest BCUT2D eigenvalue weighted by Crippen LogP contribution is 2.30. The van der Waals surface area contributed by atoms with Crippen molar-refractivity contribution in [1.29, 1.82) is 0 Å². The number of fused-ring (bicyclic) bond motifs is 3. The first-order valence-electron chi connectivity index (χ1n) is 8.78. The molecule has 0 spiro atoms. The number of carbonyl (C=O) groups excluding carboxylic acids is 1. The van der Waals surface area contributed by atoms with Gasteiger partial charge in [0.1, 0.15) is 23.1 Å². The number of amides is 1. The van der Waals surface area contributed by atoms with Crippen LogP contribution in [0, 0.1) is 23.4 Å². The topological polar surface area (TPSA) is 37.3 Å². The van der Waals surface area contributed by atoms with Crippen LogP contribution in [0.2, 0.25) is 0 Å². The molecule has 0 aliphatic carbocycles. The summed E-state index contributed by atoms with van der Waals surface area (Å²) in [6.45, 7) is 3.00. The molecule has 0 radical (unpaired) electrons. The lowest BCUT2D eigenvalue weighted by Gasteiger charge is -2.44. The Bertz CT molecular complexity index is 833. The average Bonchev–Trinajstić information content (AvgIpc) is 2.97. The second-order valence-electron chi connectivity index (χ2n) is 7.13. The van der Waals surface area contributed by atoms with Crippen LogP contribution in [0.25, 0.3) is 11.3 Å². The van der Waals surface area contributed by atoms with Gasteiger partial charge < -0.3 is 14.8 Å². The molecule has 1 N–H and O–H groups in total. The lowest BCUT2D eigenvalue weighted by Crippen LogP contribution is -2.57. The van der Waals surface area contributed by atoms with E-state index < -0.39 is 17.5 Å². The summed E-state index contributed by atoms with van der Waals surface area (Å²) in [5.41, 5.74) is 0.175. The lowest BCUT2D eigenvalue weighted by molar-refractivity contribution is 0.0616. The Morgan fingerprint density at radius 1 is 1.12 bits per heavy atom. The number of hydrogen-bond acceptors (Lipinski definition) is 2. The standard InChI is InChI=1S/C19H20F3N3O/c1-24-16(18-13(21)8-12(20)9-14(18)22)2-3-17(24)19(26)23-15-10-25-6-4-11(15)5-7-25/h2-3,8-9,11,15H,4-7,10H2,1H3,(H,23,26)/t15-/m0/s1. The number of benzene rings is 1. The highest BCUT2D eigenvalue weighted by molar-refractivity contribution is 5.94. The Kier molecular flexibility index (Phi) is 4.26. The summed E-state index contributed by atoms with van der Waals surface area (Å²) in [7, 11) is 1.57. The Hall–Kier alpha value is -2.28. The van der Waals surface area contributed by atoms with Crippen molar-refractivity contribution in [2.75, 3.05) is 19.6 Å². The number of piperidine rings is 3. The zero-order valence-electron chi connectivity index (χ0n) is 14.4. The third kappa shape index (κ3) is 2.90. The number of nitrogens with zero attached hydrogens (tertiary/aromatic N) is 2. The summed E-state index contributed by atoms with van der Waals surface area (Å²) in [6, 6.07) is 4.39. The number of aromatic nitrogens is 1. The van der Waals surface area contributed by atoms with Crippen LogP contribution in [0.3, 0.4) is 0 Å². The number of nitrogens with one attached hydrogen (secondary N) is 1. The first-order valence-corrected chi connectivity index (χ1v) is 8.78. The van der Waals surface area contributed by atoms with E-state index in [9.17, 15) is 18.0 Å². The highest BCUT2D eigenvalue weighted by Gasteiger charge is 2.35. The minimum Gasteiger partial charge on any atom is -0.346 e. The highest BCUT2D eigenvalue weighted by atomic mass is 19.1. The number of hydrogen-bond donors (Lipinski definition) is 1. The molecule has 1 aromatic carbocycles. The van der Waals surface area contributed by atoms with E-state index >= 15 is 0 Å². The summed E-state index contributed by atoms with van der Waals surface area (Å²) < 4.78 is 42.7. The van der Waals surface area contributed by atoms with Crippen molar-refractivity contribution in [1.82, 2.24) is 14.8 Å². The summed E-state index contributed by atoms with van der Waals surface area (Å²) >= 11 is 0. The normalized spacial score (nSPS) is 24.7. The van der Waals surface area contributed by atoms with Gasteiger partial charge in [0, 0.05) is 31.8 Å². The first kappa shape index (κ1) is 17.1. The van der Waals surface area contributed by atoms with Crippen molar-refractivity contribution in [3.63, 3.8) is 0 Å². The molecule has 2 bridgehead atoms. The fraction of sp³-hybridized carbons (Fsp3) is 0.421. The van der Waals surface area contributed by atoms with Crippen molar-refractivity contribution in [2.24, 2.45) is 13.0 Å². The molecule has 3 aliphatic heterocycles. The zero-order chi connectivity index (χ0) is 18.4. The molecular formula is C19H20F3N3O. The van der Waals surface area contributed by atoms with E-state index in [1.807, 2.05) is 0 Å². The van der Waals surface area contributed by atoms with Gasteiger partial charge in [0.2, 0.25) is 0 Å². The predicted molar refractivity (Wildman–Crippen MR) is 91.1 cm³/mol. The Morgan fingerprint density at radius 3 is 2.35 bits per heavy atom. The van der Waals surface area contributed by atoms with Crippen molar-refractivity contribution < 1.29 is 18.0 Å². The molecule has 5 rings (SSSR count). The largest absolute Gasteiger partial charge is 0.346 e. The first-order chi connectivity index (χ1) is 12.4. The maximum atomic E-state index is 14.1. The monoisotopic (exact) mass is 363 g/mol. The van der Waals surface area contributed by atoms with E-state index in [4.69, 9.17) is 0 Å². The summed E-state index contributed by atoms with van der Waals surface area (Å²) in [5, 5.41) is 3.06. The van der Waals surface area contributed by atoms with Crippen LogP contribution in [0.4, 0.5) is 13.2 Å². The molecule has 3 aliphatic rings. The van der Waals surface area contributed by atoms with Gasteiger partial charge >= 0.3 is 0 Å². The van der Waals surface area contributed by atoms with E-state index in [2.05, 4.69) is 10.2 Å². The van der Waals surface area contributed by atoms with Crippen LogP contribution in [-0.2, 0) is 7.05 Å². The molecule has 1 amide bonds. The fourth-order valence-electron chi connectivity index (χ4n) is 4.15. The average molecular weight is 363 g/mol. The fourth-order valence-corrected chi connectivity index (χ4v) is 4.15. The predicted octanol–water partition coefficient (Wildman–Crippen LogP) is 2.93. The minimum absolute atomic E-state index is 0.0997. The van der Waals surface area contributed by atoms with Gasteiger partial charge in [0.15, 0.2) is 0 Å². The van der Waals surface area contributed by atoms with E-state index in [1.165, 1.54) is 16.7 Å². The Morgan fingerprint density at radius 2 is 1.77 bits per heavy atom. The number of carbonyl (C=O) groups is 1. The molecule has 3 saturated heterocycles. The molecule has 0 unspecified atom stereocenters. The van der Waals surface area contributed by atoms with Crippen LogP contribution in [-0.4, -0.2) is 41.1 Å². The smallest absolute Gasteiger partial charge is 0.268 e. The van der Waals surface area contributed by atoms with Gasteiger partial charge in [0.25, 0.3) is 5.91 Å². The number of halogens is 3. The third-order valence-corrected chi connectivity index (χ3v) is 5.59. The Labute approximate surface area is 149 Å². The van der Waals surface area contributed by atoms with Crippen molar-refractivity contribution in [3.05, 3.63) is 47.4 Å². The molecule has 7 heteroatoms. The van der Waals surface area contributed by atoms with Crippen LogP contribution >= 0.6 is 0 Å². The van der Waals surface area contributed by atoms with E-state index in [0.29, 0.717) is 23.7 Å². The second-order valence-corrected chi connectivity index (χ2v) is 7.13. The molecular weight excluding hydrogens is 343 g/mol. The van der Waals surface area contributed by atoms with Gasteiger partial charge in [0.05, 0.1) is 11.3 Å². The lowest BCUT2D eigenvalue weighted by atomic mass is 9.84.